The van der Waals surface area contributed by atoms with Crippen molar-refractivity contribution in [3.05, 3.63) is 30.3 Å². The molecule has 0 saturated carbocycles. The van der Waals surface area contributed by atoms with Gasteiger partial charge in [0.05, 0.1) is 5.69 Å². The summed E-state index contributed by atoms with van der Waals surface area (Å²) >= 11 is 0. The molecular weight excluding hydrogens is 206 g/mol. The van der Waals surface area contributed by atoms with Gasteiger partial charge in [-0.25, -0.2) is 4.31 Å². The molecule has 0 spiro atoms. The number of anilines is 1. The number of aliphatic hydroxyl groups excluding tert-OH is 1. The lowest BCUT2D eigenvalue weighted by Gasteiger charge is -2.23. The maximum atomic E-state index is 10.9. The Morgan fingerprint density at radius 3 is 2.14 bits per heavy atom. The molecule has 0 aliphatic rings. The molecule has 0 heterocycles. The first-order chi connectivity index (χ1) is 6.43. The van der Waals surface area contributed by atoms with E-state index in [9.17, 15) is 13.5 Å². The van der Waals surface area contributed by atoms with E-state index in [-0.39, 0.29) is 5.69 Å². The van der Waals surface area contributed by atoms with E-state index < -0.39 is 16.5 Å². The topological polar surface area (TPSA) is 77.8 Å². The smallest absolute Gasteiger partial charge is 0.362 e. The second-order valence-corrected chi connectivity index (χ2v) is 4.03. The van der Waals surface area contributed by atoms with Gasteiger partial charge in [-0.05, 0) is 19.1 Å². The van der Waals surface area contributed by atoms with Gasteiger partial charge in [0.15, 0.2) is 0 Å². The highest BCUT2D eigenvalue weighted by Crippen LogP contribution is 2.18. The van der Waals surface area contributed by atoms with Gasteiger partial charge < -0.3 is 5.11 Å². The number of nitrogens with zero attached hydrogens (tertiary/aromatic N) is 1. The summed E-state index contributed by atoms with van der Waals surface area (Å²) in [6.45, 7) is 1.25. The fourth-order valence-corrected chi connectivity index (χ4v) is 1.89. The summed E-state index contributed by atoms with van der Waals surface area (Å²) < 4.78 is 31.1. The van der Waals surface area contributed by atoms with Crippen molar-refractivity contribution >= 4 is 16.0 Å². The molecule has 78 valence electrons. The maximum absolute atomic E-state index is 10.9. The summed E-state index contributed by atoms with van der Waals surface area (Å²) in [6.07, 6.45) is -1.31. The summed E-state index contributed by atoms with van der Waals surface area (Å²) in [7, 11) is -4.43. The molecule has 1 atom stereocenters. The van der Waals surface area contributed by atoms with Crippen LogP contribution in [0.1, 0.15) is 6.92 Å². The van der Waals surface area contributed by atoms with Crippen molar-refractivity contribution in [2.45, 2.75) is 13.2 Å². The van der Waals surface area contributed by atoms with E-state index in [1.807, 2.05) is 0 Å². The number of para-hydroxylation sites is 1. The minimum Gasteiger partial charge on any atom is -0.373 e. The van der Waals surface area contributed by atoms with Crippen LogP contribution < -0.4 is 4.31 Å². The van der Waals surface area contributed by atoms with Gasteiger partial charge in [-0.3, -0.25) is 4.55 Å². The summed E-state index contributed by atoms with van der Waals surface area (Å²) in [5.74, 6) is 0. The van der Waals surface area contributed by atoms with Gasteiger partial charge in [-0.2, -0.15) is 8.42 Å². The van der Waals surface area contributed by atoms with E-state index in [1.165, 1.54) is 19.1 Å². The van der Waals surface area contributed by atoms with Crippen molar-refractivity contribution in [2.75, 3.05) is 4.31 Å². The molecule has 1 aromatic carbocycles. The van der Waals surface area contributed by atoms with Crippen LogP contribution in [0.4, 0.5) is 5.69 Å². The molecule has 0 radical (unpaired) electrons. The Hall–Kier alpha value is -1.11. The summed E-state index contributed by atoms with van der Waals surface area (Å²) in [5, 5.41) is 9.19. The lowest BCUT2D eigenvalue weighted by atomic mass is 10.3. The zero-order chi connectivity index (χ0) is 10.8. The number of rotatable bonds is 3. The van der Waals surface area contributed by atoms with Crippen molar-refractivity contribution in [2.24, 2.45) is 0 Å². The van der Waals surface area contributed by atoms with Crippen LogP contribution in [-0.2, 0) is 10.3 Å². The van der Waals surface area contributed by atoms with Gasteiger partial charge in [0.2, 0.25) is 0 Å². The predicted octanol–water partition coefficient (Wildman–Crippen LogP) is 0.634. The molecule has 0 aromatic heterocycles. The minimum absolute atomic E-state index is 0.213. The van der Waals surface area contributed by atoms with Gasteiger partial charge in [0.1, 0.15) is 6.23 Å². The largest absolute Gasteiger partial charge is 0.373 e. The lowest BCUT2D eigenvalue weighted by Crippen LogP contribution is -2.38. The van der Waals surface area contributed by atoms with E-state index >= 15 is 0 Å². The summed E-state index contributed by atoms with van der Waals surface area (Å²) in [6, 6.07) is 7.86. The highest BCUT2D eigenvalue weighted by molar-refractivity contribution is 7.87. The minimum atomic E-state index is -4.43. The average Bonchev–Trinajstić information content (AvgIpc) is 2.02. The summed E-state index contributed by atoms with van der Waals surface area (Å²) in [4.78, 5) is 0. The van der Waals surface area contributed by atoms with Crippen LogP contribution in [0.2, 0.25) is 0 Å². The highest BCUT2D eigenvalue weighted by Gasteiger charge is 2.23. The number of hydrogen-bond donors (Lipinski definition) is 2. The maximum Gasteiger partial charge on any atom is 0.362 e. The van der Waals surface area contributed by atoms with E-state index in [2.05, 4.69) is 0 Å². The van der Waals surface area contributed by atoms with Crippen molar-refractivity contribution in [3.8, 4) is 0 Å². The first-order valence-electron chi connectivity index (χ1n) is 3.93. The van der Waals surface area contributed by atoms with E-state index in [0.29, 0.717) is 4.31 Å². The number of benzene rings is 1. The zero-order valence-electron chi connectivity index (χ0n) is 7.53. The monoisotopic (exact) mass is 217 g/mol. The lowest BCUT2D eigenvalue weighted by molar-refractivity contribution is 0.203. The molecule has 0 bridgehead atoms. The van der Waals surface area contributed by atoms with Crippen molar-refractivity contribution in [3.63, 3.8) is 0 Å². The van der Waals surface area contributed by atoms with Crippen molar-refractivity contribution < 1.29 is 18.1 Å². The molecule has 0 fully saturated rings. The van der Waals surface area contributed by atoms with Crippen LogP contribution in [-0.4, -0.2) is 24.3 Å². The molecule has 0 saturated heterocycles. The molecule has 14 heavy (non-hydrogen) atoms. The third kappa shape index (κ3) is 2.44. The molecule has 1 aromatic rings. The molecule has 2 N–H and O–H groups in total. The van der Waals surface area contributed by atoms with Gasteiger partial charge in [-0.15, -0.1) is 0 Å². The normalized spacial score (nSPS) is 13.6. The quantitative estimate of drug-likeness (QED) is 0.575. The molecular formula is C8H11NO4S. The van der Waals surface area contributed by atoms with Gasteiger partial charge >= 0.3 is 10.3 Å². The molecule has 0 aliphatic carbocycles. The predicted molar refractivity (Wildman–Crippen MR) is 52.2 cm³/mol. The Labute approximate surface area is 82.5 Å². The first-order valence-corrected chi connectivity index (χ1v) is 5.32. The average molecular weight is 217 g/mol. The standard InChI is InChI=1S/C8H11NO4S/c1-7(10)9(14(11,12)13)8-5-3-2-4-6-8/h2-7,10H,1H3,(H,11,12,13). The third-order valence-corrected chi connectivity index (χ3v) is 2.61. The van der Waals surface area contributed by atoms with Gasteiger partial charge in [-0.1, -0.05) is 18.2 Å². The van der Waals surface area contributed by atoms with E-state index in [4.69, 9.17) is 4.55 Å². The van der Waals surface area contributed by atoms with Crippen LogP contribution in [0.25, 0.3) is 0 Å². The van der Waals surface area contributed by atoms with Crippen LogP contribution in [0.3, 0.4) is 0 Å². The Morgan fingerprint density at radius 1 is 1.29 bits per heavy atom. The Balaban J connectivity index is 3.15. The molecule has 1 rings (SSSR count). The van der Waals surface area contributed by atoms with Crippen LogP contribution in [0, 0.1) is 0 Å². The van der Waals surface area contributed by atoms with Crippen LogP contribution in [0.5, 0.6) is 0 Å². The highest BCUT2D eigenvalue weighted by atomic mass is 32.2. The van der Waals surface area contributed by atoms with Crippen molar-refractivity contribution in [1.29, 1.82) is 0 Å². The Bertz CT molecular complexity index is 387. The van der Waals surface area contributed by atoms with Crippen LogP contribution >= 0.6 is 0 Å². The molecule has 0 aliphatic heterocycles. The Morgan fingerprint density at radius 2 is 1.79 bits per heavy atom. The zero-order valence-corrected chi connectivity index (χ0v) is 8.35. The molecule has 5 nitrogen and oxygen atoms in total. The van der Waals surface area contributed by atoms with Gasteiger partial charge in [0, 0.05) is 0 Å². The van der Waals surface area contributed by atoms with Crippen molar-refractivity contribution in [1.82, 2.24) is 0 Å². The fourth-order valence-electron chi connectivity index (χ4n) is 1.12. The Kier molecular flexibility index (Phi) is 3.10. The van der Waals surface area contributed by atoms with Crippen LogP contribution in [0.15, 0.2) is 30.3 Å². The third-order valence-electron chi connectivity index (χ3n) is 1.60. The second-order valence-electron chi connectivity index (χ2n) is 2.74. The van der Waals surface area contributed by atoms with E-state index in [1.54, 1.807) is 18.2 Å². The van der Waals surface area contributed by atoms with E-state index in [0.717, 1.165) is 0 Å². The summed E-state index contributed by atoms with van der Waals surface area (Å²) in [5.41, 5.74) is 0.213. The molecule has 0 amide bonds. The number of aliphatic hydroxyl groups is 1. The number of hydrogen-bond acceptors (Lipinski definition) is 3. The van der Waals surface area contributed by atoms with Gasteiger partial charge in [0.25, 0.3) is 0 Å². The first kappa shape index (κ1) is 11.0. The fraction of sp³-hybridized carbons (Fsp3) is 0.250. The second kappa shape index (κ2) is 3.95. The molecule has 1 unspecified atom stereocenters. The SMILES string of the molecule is CC(O)N(c1ccccc1)S(=O)(=O)O. The molecule has 6 heteroatoms.